The van der Waals surface area contributed by atoms with Crippen LogP contribution in [0.4, 0.5) is 5.69 Å². The summed E-state index contributed by atoms with van der Waals surface area (Å²) >= 11 is 1.81. The van der Waals surface area contributed by atoms with E-state index >= 15 is 0 Å². The van der Waals surface area contributed by atoms with Crippen LogP contribution in [-0.4, -0.2) is 25.7 Å². The number of nitrogens with two attached hydrogens (primary N) is 1. The molecular formula is C11H17NO2S. The zero-order valence-electron chi connectivity index (χ0n) is 9.16. The predicted molar refractivity (Wildman–Crippen MR) is 65.9 cm³/mol. The summed E-state index contributed by atoms with van der Waals surface area (Å²) in [4.78, 5) is 0. The van der Waals surface area contributed by atoms with E-state index in [1.807, 2.05) is 23.9 Å². The Morgan fingerprint density at radius 3 is 2.87 bits per heavy atom. The minimum atomic E-state index is 0.653. The van der Waals surface area contributed by atoms with Gasteiger partial charge in [-0.3, -0.25) is 0 Å². The maximum absolute atomic E-state index is 5.77. The number of anilines is 1. The smallest absolute Gasteiger partial charge is 0.145 e. The van der Waals surface area contributed by atoms with Crippen molar-refractivity contribution in [1.82, 2.24) is 0 Å². The maximum Gasteiger partial charge on any atom is 0.145 e. The number of nitrogen functional groups attached to an aromatic ring is 1. The third-order valence-electron chi connectivity index (χ3n) is 1.97. The second-order valence-electron chi connectivity index (χ2n) is 3.10. The Bertz CT molecular complexity index is 305. The second kappa shape index (κ2) is 6.45. The Morgan fingerprint density at radius 2 is 2.20 bits per heavy atom. The van der Waals surface area contributed by atoms with Crippen molar-refractivity contribution in [2.75, 3.05) is 31.5 Å². The minimum Gasteiger partial charge on any atom is -0.497 e. The van der Waals surface area contributed by atoms with Gasteiger partial charge in [-0.2, -0.15) is 11.8 Å². The third kappa shape index (κ3) is 3.91. The standard InChI is InChI=1S/C11H17NO2S/c1-13-9-4-5-10(12)11(8-9)14-6-3-7-15-2/h4-5,8H,3,6-7,12H2,1-2H3. The van der Waals surface area contributed by atoms with E-state index in [0.29, 0.717) is 18.0 Å². The molecule has 0 bridgehead atoms. The van der Waals surface area contributed by atoms with E-state index in [1.165, 1.54) is 0 Å². The summed E-state index contributed by atoms with van der Waals surface area (Å²) in [6.07, 6.45) is 3.11. The molecule has 2 N–H and O–H groups in total. The third-order valence-corrected chi connectivity index (χ3v) is 2.67. The van der Waals surface area contributed by atoms with Gasteiger partial charge in [0.05, 0.1) is 19.4 Å². The molecule has 0 aliphatic rings. The van der Waals surface area contributed by atoms with Gasteiger partial charge in [-0.05, 0) is 30.6 Å². The first-order chi connectivity index (χ1) is 7.27. The van der Waals surface area contributed by atoms with E-state index < -0.39 is 0 Å². The SMILES string of the molecule is COc1ccc(N)c(OCCCSC)c1. The van der Waals surface area contributed by atoms with Crippen LogP contribution in [-0.2, 0) is 0 Å². The van der Waals surface area contributed by atoms with E-state index in [0.717, 1.165) is 17.9 Å². The molecule has 0 aliphatic carbocycles. The Kier molecular flexibility index (Phi) is 5.18. The molecule has 0 aliphatic heterocycles. The van der Waals surface area contributed by atoms with Crippen molar-refractivity contribution >= 4 is 17.4 Å². The molecule has 15 heavy (non-hydrogen) atoms. The van der Waals surface area contributed by atoms with E-state index in [9.17, 15) is 0 Å². The fourth-order valence-electron chi connectivity index (χ4n) is 1.15. The lowest BCUT2D eigenvalue weighted by molar-refractivity contribution is 0.317. The number of hydrogen-bond acceptors (Lipinski definition) is 4. The lowest BCUT2D eigenvalue weighted by atomic mass is 10.3. The van der Waals surface area contributed by atoms with Crippen molar-refractivity contribution in [3.05, 3.63) is 18.2 Å². The van der Waals surface area contributed by atoms with Gasteiger partial charge in [0.2, 0.25) is 0 Å². The predicted octanol–water partition coefficient (Wildman–Crippen LogP) is 2.41. The van der Waals surface area contributed by atoms with Crippen molar-refractivity contribution < 1.29 is 9.47 Å². The molecular weight excluding hydrogens is 210 g/mol. The van der Waals surface area contributed by atoms with Crippen LogP contribution >= 0.6 is 11.8 Å². The maximum atomic E-state index is 5.77. The van der Waals surface area contributed by atoms with Crippen LogP contribution in [0.25, 0.3) is 0 Å². The largest absolute Gasteiger partial charge is 0.497 e. The van der Waals surface area contributed by atoms with Crippen molar-refractivity contribution in [2.45, 2.75) is 6.42 Å². The highest BCUT2D eigenvalue weighted by molar-refractivity contribution is 7.98. The molecule has 0 saturated carbocycles. The van der Waals surface area contributed by atoms with Crippen LogP contribution in [0.5, 0.6) is 11.5 Å². The summed E-state index contributed by atoms with van der Waals surface area (Å²) in [5.74, 6) is 2.57. The molecule has 3 nitrogen and oxygen atoms in total. The van der Waals surface area contributed by atoms with Gasteiger partial charge in [-0.25, -0.2) is 0 Å². The molecule has 0 unspecified atom stereocenters. The molecule has 0 heterocycles. The van der Waals surface area contributed by atoms with Crippen LogP contribution < -0.4 is 15.2 Å². The number of methoxy groups -OCH3 is 1. The molecule has 0 fully saturated rings. The molecule has 4 heteroatoms. The fourth-order valence-corrected chi connectivity index (χ4v) is 1.56. The number of rotatable bonds is 6. The normalized spacial score (nSPS) is 10.0. The molecule has 0 aromatic heterocycles. The minimum absolute atomic E-state index is 0.653. The van der Waals surface area contributed by atoms with Gasteiger partial charge in [0, 0.05) is 6.07 Å². The number of hydrogen-bond donors (Lipinski definition) is 1. The summed E-state index contributed by atoms with van der Waals surface area (Å²) < 4.78 is 10.7. The first-order valence-corrected chi connectivity index (χ1v) is 6.22. The lowest BCUT2D eigenvalue weighted by Crippen LogP contribution is -2.01. The molecule has 0 saturated heterocycles. The van der Waals surface area contributed by atoms with Gasteiger partial charge in [0.25, 0.3) is 0 Å². The van der Waals surface area contributed by atoms with Gasteiger partial charge in [-0.15, -0.1) is 0 Å². The summed E-state index contributed by atoms with van der Waals surface area (Å²) in [7, 11) is 1.63. The summed E-state index contributed by atoms with van der Waals surface area (Å²) in [5.41, 5.74) is 6.43. The molecule has 1 rings (SSSR count). The van der Waals surface area contributed by atoms with Crippen LogP contribution in [0.1, 0.15) is 6.42 Å². The number of thioether (sulfide) groups is 1. The molecule has 0 atom stereocenters. The average molecular weight is 227 g/mol. The van der Waals surface area contributed by atoms with Gasteiger partial charge in [-0.1, -0.05) is 0 Å². The Morgan fingerprint density at radius 1 is 1.40 bits per heavy atom. The Balaban J connectivity index is 2.51. The highest BCUT2D eigenvalue weighted by atomic mass is 32.2. The first-order valence-electron chi connectivity index (χ1n) is 4.83. The number of ether oxygens (including phenoxy) is 2. The van der Waals surface area contributed by atoms with Crippen molar-refractivity contribution in [1.29, 1.82) is 0 Å². The van der Waals surface area contributed by atoms with Gasteiger partial charge >= 0.3 is 0 Å². The summed E-state index contributed by atoms with van der Waals surface area (Å²) in [6, 6.07) is 5.43. The Hall–Kier alpha value is -1.03. The van der Waals surface area contributed by atoms with E-state index in [2.05, 4.69) is 6.26 Å². The zero-order chi connectivity index (χ0) is 11.1. The molecule has 0 radical (unpaired) electrons. The quantitative estimate of drug-likeness (QED) is 0.598. The van der Waals surface area contributed by atoms with Gasteiger partial charge < -0.3 is 15.2 Å². The second-order valence-corrected chi connectivity index (χ2v) is 4.08. The van der Waals surface area contributed by atoms with E-state index in [1.54, 1.807) is 13.2 Å². The van der Waals surface area contributed by atoms with Gasteiger partial charge in [0.1, 0.15) is 11.5 Å². The topological polar surface area (TPSA) is 44.5 Å². The van der Waals surface area contributed by atoms with Crippen molar-refractivity contribution in [3.8, 4) is 11.5 Å². The summed E-state index contributed by atoms with van der Waals surface area (Å²) in [6.45, 7) is 0.693. The zero-order valence-corrected chi connectivity index (χ0v) is 9.97. The van der Waals surface area contributed by atoms with Crippen LogP contribution in [0.3, 0.4) is 0 Å². The molecule has 1 aromatic carbocycles. The Labute approximate surface area is 94.9 Å². The van der Waals surface area contributed by atoms with Crippen molar-refractivity contribution in [3.63, 3.8) is 0 Å². The molecule has 84 valence electrons. The summed E-state index contributed by atoms with van der Waals surface area (Å²) in [5, 5.41) is 0. The number of benzene rings is 1. The molecule has 0 amide bonds. The lowest BCUT2D eigenvalue weighted by Gasteiger charge is -2.09. The van der Waals surface area contributed by atoms with Crippen LogP contribution in [0, 0.1) is 0 Å². The highest BCUT2D eigenvalue weighted by Crippen LogP contribution is 2.26. The average Bonchev–Trinajstić information content (AvgIpc) is 2.26. The van der Waals surface area contributed by atoms with Gasteiger partial charge in [0.15, 0.2) is 0 Å². The van der Waals surface area contributed by atoms with E-state index in [4.69, 9.17) is 15.2 Å². The molecule has 0 spiro atoms. The van der Waals surface area contributed by atoms with Crippen molar-refractivity contribution in [2.24, 2.45) is 0 Å². The molecule has 1 aromatic rings. The first kappa shape index (κ1) is 12.0. The van der Waals surface area contributed by atoms with Crippen LogP contribution in [0.2, 0.25) is 0 Å². The highest BCUT2D eigenvalue weighted by Gasteiger charge is 2.02. The monoisotopic (exact) mass is 227 g/mol. The van der Waals surface area contributed by atoms with E-state index in [-0.39, 0.29) is 0 Å². The fraction of sp³-hybridized carbons (Fsp3) is 0.455. The van der Waals surface area contributed by atoms with Crippen LogP contribution in [0.15, 0.2) is 18.2 Å².